The van der Waals surface area contributed by atoms with E-state index in [1.807, 2.05) is 6.92 Å². The standard InChI is InChI=1S/C19H17N5O3/c1-11-14(19(27)23-8-12(7-20)9-23)10-24-18(11)15(4-5-21-24)22-13-2-3-16(25)17(26)6-13/h2-6,10,12,22,25-26H,8-9H2,1H3. The zero-order valence-corrected chi connectivity index (χ0v) is 14.5. The zero-order valence-electron chi connectivity index (χ0n) is 14.5. The Balaban J connectivity index is 1.69. The van der Waals surface area contributed by atoms with Gasteiger partial charge in [0.15, 0.2) is 11.5 Å². The number of aromatic nitrogens is 2. The monoisotopic (exact) mass is 363 g/mol. The molecule has 0 aliphatic carbocycles. The van der Waals surface area contributed by atoms with Gasteiger partial charge in [-0.15, -0.1) is 0 Å². The van der Waals surface area contributed by atoms with Gasteiger partial charge in [0.1, 0.15) is 0 Å². The Kier molecular flexibility index (Phi) is 3.85. The van der Waals surface area contributed by atoms with Crippen molar-refractivity contribution in [1.29, 1.82) is 5.26 Å². The first kappa shape index (κ1) is 16.7. The number of amides is 1. The number of fused-ring (bicyclic) bond motifs is 1. The van der Waals surface area contributed by atoms with Crippen molar-refractivity contribution < 1.29 is 15.0 Å². The minimum atomic E-state index is -0.224. The molecule has 0 unspecified atom stereocenters. The van der Waals surface area contributed by atoms with E-state index in [4.69, 9.17) is 5.26 Å². The topological polar surface area (TPSA) is 114 Å². The smallest absolute Gasteiger partial charge is 0.255 e. The summed E-state index contributed by atoms with van der Waals surface area (Å²) < 4.78 is 1.63. The molecule has 1 aliphatic heterocycles. The molecule has 0 bridgehead atoms. The van der Waals surface area contributed by atoms with Crippen LogP contribution in [-0.4, -0.2) is 43.7 Å². The van der Waals surface area contributed by atoms with Crippen LogP contribution in [-0.2, 0) is 0 Å². The average molecular weight is 363 g/mol. The van der Waals surface area contributed by atoms with Crippen molar-refractivity contribution in [2.24, 2.45) is 5.92 Å². The summed E-state index contributed by atoms with van der Waals surface area (Å²) in [6.07, 6.45) is 3.30. The van der Waals surface area contributed by atoms with E-state index in [1.54, 1.807) is 33.9 Å². The van der Waals surface area contributed by atoms with E-state index < -0.39 is 0 Å². The summed E-state index contributed by atoms with van der Waals surface area (Å²) in [5.74, 6) is -0.628. The fourth-order valence-corrected chi connectivity index (χ4v) is 3.23. The number of likely N-dealkylation sites (tertiary alicyclic amines) is 1. The van der Waals surface area contributed by atoms with E-state index in [0.717, 1.165) is 11.1 Å². The van der Waals surface area contributed by atoms with Crippen LogP contribution in [0.1, 0.15) is 15.9 Å². The second kappa shape index (κ2) is 6.21. The Hall–Kier alpha value is -3.73. The number of aromatic hydroxyl groups is 2. The summed E-state index contributed by atoms with van der Waals surface area (Å²) in [5.41, 5.74) is 3.36. The van der Waals surface area contributed by atoms with Gasteiger partial charge in [0.05, 0.1) is 28.8 Å². The van der Waals surface area contributed by atoms with E-state index in [9.17, 15) is 15.0 Å². The molecule has 1 saturated heterocycles. The normalized spacial score (nSPS) is 14.0. The van der Waals surface area contributed by atoms with Crippen molar-refractivity contribution >= 4 is 22.8 Å². The summed E-state index contributed by atoms with van der Waals surface area (Å²) in [6, 6.07) is 8.38. The molecule has 4 rings (SSSR count). The van der Waals surface area contributed by atoms with Gasteiger partial charge >= 0.3 is 0 Å². The number of phenolic OH excluding ortho intramolecular Hbond substituents is 2. The van der Waals surface area contributed by atoms with E-state index in [0.29, 0.717) is 30.0 Å². The third kappa shape index (κ3) is 2.79. The number of nitriles is 1. The lowest BCUT2D eigenvalue weighted by atomic mass is 10.0. The highest BCUT2D eigenvalue weighted by atomic mass is 16.3. The number of phenols is 2. The molecule has 1 amide bonds. The Morgan fingerprint density at radius 3 is 2.78 bits per heavy atom. The minimum absolute atomic E-state index is 0.0937. The number of rotatable bonds is 3. The number of anilines is 2. The predicted octanol–water partition coefficient (Wildman–Crippen LogP) is 2.39. The van der Waals surface area contributed by atoms with Gasteiger partial charge < -0.3 is 20.4 Å². The molecule has 1 aliphatic rings. The van der Waals surface area contributed by atoms with Crippen LogP contribution in [0.3, 0.4) is 0 Å². The Labute approximate surface area is 154 Å². The molecule has 3 heterocycles. The molecule has 0 radical (unpaired) electrons. The van der Waals surface area contributed by atoms with E-state index >= 15 is 0 Å². The molecule has 2 aromatic heterocycles. The van der Waals surface area contributed by atoms with Crippen molar-refractivity contribution in [2.75, 3.05) is 18.4 Å². The Morgan fingerprint density at radius 1 is 1.30 bits per heavy atom. The highest BCUT2D eigenvalue weighted by molar-refractivity contribution is 6.00. The third-order valence-corrected chi connectivity index (χ3v) is 4.76. The molecule has 27 heavy (non-hydrogen) atoms. The van der Waals surface area contributed by atoms with Crippen molar-refractivity contribution in [3.8, 4) is 17.6 Å². The number of benzene rings is 1. The molecule has 3 N–H and O–H groups in total. The van der Waals surface area contributed by atoms with E-state index in [1.165, 1.54) is 12.1 Å². The van der Waals surface area contributed by atoms with Crippen LogP contribution in [0, 0.1) is 24.2 Å². The number of carbonyl (C=O) groups is 1. The third-order valence-electron chi connectivity index (χ3n) is 4.76. The van der Waals surface area contributed by atoms with Crippen LogP contribution in [0.25, 0.3) is 5.52 Å². The van der Waals surface area contributed by atoms with Gasteiger partial charge in [0.25, 0.3) is 5.91 Å². The van der Waals surface area contributed by atoms with Gasteiger partial charge in [-0.3, -0.25) is 4.79 Å². The van der Waals surface area contributed by atoms with Crippen molar-refractivity contribution in [2.45, 2.75) is 6.92 Å². The second-order valence-corrected chi connectivity index (χ2v) is 6.57. The number of aryl methyl sites for hydroxylation is 1. The maximum atomic E-state index is 12.7. The van der Waals surface area contributed by atoms with Gasteiger partial charge in [-0.2, -0.15) is 10.4 Å². The summed E-state index contributed by atoms with van der Waals surface area (Å²) in [7, 11) is 0. The van der Waals surface area contributed by atoms with Crippen LogP contribution in [0.2, 0.25) is 0 Å². The van der Waals surface area contributed by atoms with Crippen molar-refractivity contribution in [3.63, 3.8) is 0 Å². The van der Waals surface area contributed by atoms with Crippen LogP contribution >= 0.6 is 0 Å². The highest BCUT2D eigenvalue weighted by Gasteiger charge is 2.32. The van der Waals surface area contributed by atoms with Gasteiger partial charge in [-0.1, -0.05) is 0 Å². The van der Waals surface area contributed by atoms with Gasteiger partial charge in [0, 0.05) is 37.2 Å². The lowest BCUT2D eigenvalue weighted by Gasteiger charge is -2.35. The molecule has 0 spiro atoms. The molecule has 1 fully saturated rings. The van der Waals surface area contributed by atoms with Gasteiger partial charge in [0.2, 0.25) is 0 Å². The first-order valence-corrected chi connectivity index (χ1v) is 8.42. The number of hydrogen-bond acceptors (Lipinski definition) is 6. The van der Waals surface area contributed by atoms with Crippen molar-refractivity contribution in [1.82, 2.24) is 14.5 Å². The summed E-state index contributed by atoms with van der Waals surface area (Å²) >= 11 is 0. The lowest BCUT2D eigenvalue weighted by Crippen LogP contribution is -2.49. The number of nitrogens with zero attached hydrogens (tertiary/aromatic N) is 4. The van der Waals surface area contributed by atoms with E-state index in [-0.39, 0.29) is 23.3 Å². The molecule has 8 heteroatoms. The molecular weight excluding hydrogens is 346 g/mol. The van der Waals surface area contributed by atoms with Crippen LogP contribution in [0.15, 0.2) is 36.7 Å². The maximum absolute atomic E-state index is 12.7. The minimum Gasteiger partial charge on any atom is -0.504 e. The molecule has 136 valence electrons. The first-order valence-electron chi connectivity index (χ1n) is 8.42. The summed E-state index contributed by atoms with van der Waals surface area (Å²) in [6.45, 7) is 2.75. The fourth-order valence-electron chi connectivity index (χ4n) is 3.23. The average Bonchev–Trinajstić information content (AvgIpc) is 2.95. The molecule has 3 aromatic rings. The van der Waals surface area contributed by atoms with Crippen LogP contribution in [0.4, 0.5) is 11.4 Å². The lowest BCUT2D eigenvalue weighted by molar-refractivity contribution is 0.0576. The summed E-state index contributed by atoms with van der Waals surface area (Å²) in [5, 5.41) is 35.5. The maximum Gasteiger partial charge on any atom is 0.255 e. The first-order chi connectivity index (χ1) is 13.0. The second-order valence-electron chi connectivity index (χ2n) is 6.57. The zero-order chi connectivity index (χ0) is 19.1. The van der Waals surface area contributed by atoms with Gasteiger partial charge in [-0.25, -0.2) is 4.52 Å². The molecule has 8 nitrogen and oxygen atoms in total. The fraction of sp³-hybridized carbons (Fsp3) is 0.211. The predicted molar refractivity (Wildman–Crippen MR) is 98.0 cm³/mol. The molecule has 0 atom stereocenters. The summed E-state index contributed by atoms with van der Waals surface area (Å²) in [4.78, 5) is 14.4. The molecule has 1 aromatic carbocycles. The quantitative estimate of drug-likeness (QED) is 0.486. The Morgan fingerprint density at radius 2 is 2.07 bits per heavy atom. The van der Waals surface area contributed by atoms with Crippen LogP contribution < -0.4 is 5.32 Å². The van der Waals surface area contributed by atoms with Crippen molar-refractivity contribution in [3.05, 3.63) is 47.8 Å². The molecule has 0 saturated carbocycles. The number of hydrogen-bond donors (Lipinski definition) is 3. The van der Waals surface area contributed by atoms with E-state index in [2.05, 4.69) is 16.5 Å². The SMILES string of the molecule is Cc1c(C(=O)N2CC(C#N)C2)cn2nccc(Nc3ccc(O)c(O)c3)c12. The highest BCUT2D eigenvalue weighted by Crippen LogP contribution is 2.32. The number of carbonyl (C=O) groups excluding carboxylic acids is 1. The Bertz CT molecular complexity index is 1090. The van der Waals surface area contributed by atoms with Gasteiger partial charge in [-0.05, 0) is 30.7 Å². The number of nitrogens with one attached hydrogen (secondary N) is 1. The largest absolute Gasteiger partial charge is 0.504 e. The van der Waals surface area contributed by atoms with Crippen LogP contribution in [0.5, 0.6) is 11.5 Å². The molecular formula is C19H17N5O3.